The van der Waals surface area contributed by atoms with E-state index in [-0.39, 0.29) is 5.54 Å². The van der Waals surface area contributed by atoms with Crippen molar-refractivity contribution < 1.29 is 19.3 Å². The van der Waals surface area contributed by atoms with Gasteiger partial charge in [-0.2, -0.15) is 0 Å². The highest BCUT2D eigenvalue weighted by atomic mass is 79.9. The molecule has 8 heteroatoms. The molecule has 2 atom stereocenters. The van der Waals surface area contributed by atoms with Crippen LogP contribution in [0.3, 0.4) is 0 Å². The lowest BCUT2D eigenvalue weighted by Crippen LogP contribution is -2.50. The first-order valence-corrected chi connectivity index (χ1v) is 7.28. The topological polar surface area (TPSA) is 97.2 Å². The summed E-state index contributed by atoms with van der Waals surface area (Å²) in [7, 11) is 1.88. The van der Waals surface area contributed by atoms with Gasteiger partial charge in [0.2, 0.25) is 6.34 Å². The number of likely N-dealkylation sites (N-methyl/N-ethyl adjacent to an activating group) is 1. The summed E-state index contributed by atoms with van der Waals surface area (Å²) in [5.41, 5.74) is -0.0325. The number of nitrogens with one attached hydrogen (secondary N) is 3. The van der Waals surface area contributed by atoms with Crippen LogP contribution < -0.4 is 10.6 Å². The smallest absolute Gasteiger partial charge is 0.326 e. The summed E-state index contributed by atoms with van der Waals surface area (Å²) in [5.74, 6) is -1.48. The molecule has 2 heterocycles. The standard InChI is InChI=1S/C13H17BrN4O3/c1-13(6-15-7-18(13)2)4-10(12(20)21)17-11(19)9-3-8(14)5-16-9/h3,5,7,10H,4,6H2,1-2H3,(H3,16,17,19,20,21)/p+1/t10-,13+/m1/s1. The molecule has 2 rings (SSSR count). The first kappa shape index (κ1) is 15.6. The minimum absolute atomic E-state index is 0.302. The maximum Gasteiger partial charge on any atom is 0.326 e. The van der Waals surface area contributed by atoms with E-state index in [0.717, 1.165) is 4.47 Å². The molecule has 0 aromatic carbocycles. The maximum absolute atomic E-state index is 12.1. The van der Waals surface area contributed by atoms with Crippen LogP contribution in [0.1, 0.15) is 23.8 Å². The zero-order chi connectivity index (χ0) is 15.6. The molecule has 0 radical (unpaired) electrons. The van der Waals surface area contributed by atoms with Gasteiger partial charge in [0.15, 0.2) is 0 Å². The van der Waals surface area contributed by atoms with Gasteiger partial charge in [-0.25, -0.2) is 4.79 Å². The summed E-state index contributed by atoms with van der Waals surface area (Å²) in [6, 6.07) is 0.646. The Labute approximate surface area is 130 Å². The number of rotatable bonds is 5. The maximum atomic E-state index is 12.1. The number of carboxylic acids is 1. The lowest BCUT2D eigenvalue weighted by atomic mass is 9.93. The molecule has 0 saturated carbocycles. The number of aromatic nitrogens is 1. The largest absolute Gasteiger partial charge is 0.480 e. The molecule has 0 spiro atoms. The third-order valence-electron chi connectivity index (χ3n) is 3.76. The molecular weight excluding hydrogens is 340 g/mol. The van der Waals surface area contributed by atoms with Crippen LogP contribution in [0, 0.1) is 0 Å². The molecule has 0 bridgehead atoms. The fourth-order valence-electron chi connectivity index (χ4n) is 2.27. The molecular formula is C13H18BrN4O3+. The average Bonchev–Trinajstić information content (AvgIpc) is 2.96. The average molecular weight is 358 g/mol. The molecule has 4 N–H and O–H groups in total. The number of halogens is 1. The quantitative estimate of drug-likeness (QED) is 0.573. The summed E-state index contributed by atoms with van der Waals surface area (Å²) >= 11 is 3.24. The van der Waals surface area contributed by atoms with Crippen molar-refractivity contribution in [1.82, 2.24) is 15.6 Å². The van der Waals surface area contributed by atoms with Gasteiger partial charge in [0.05, 0.1) is 7.05 Å². The number of hydrogen-bond donors (Lipinski definition) is 4. The zero-order valence-corrected chi connectivity index (χ0v) is 13.4. The normalized spacial score (nSPS) is 22.3. The second kappa shape index (κ2) is 5.88. The number of carboxylic acid groups (broad SMARTS) is 1. The van der Waals surface area contributed by atoms with E-state index in [1.807, 2.05) is 24.9 Å². The monoisotopic (exact) mass is 357 g/mol. The number of aliphatic carboxylic acids is 1. The summed E-state index contributed by atoms with van der Waals surface area (Å²) in [5, 5.41) is 15.0. The predicted octanol–water partition coefficient (Wildman–Crippen LogP) is 0.383. The Morgan fingerprint density at radius 2 is 2.33 bits per heavy atom. The van der Waals surface area contributed by atoms with Crippen LogP contribution in [0.2, 0.25) is 0 Å². The van der Waals surface area contributed by atoms with E-state index >= 15 is 0 Å². The van der Waals surface area contributed by atoms with Gasteiger partial charge in [-0.05, 0) is 28.9 Å². The van der Waals surface area contributed by atoms with E-state index in [2.05, 4.69) is 31.5 Å². The molecule has 114 valence electrons. The minimum Gasteiger partial charge on any atom is -0.480 e. The van der Waals surface area contributed by atoms with Gasteiger partial charge in [-0.3, -0.25) is 14.7 Å². The van der Waals surface area contributed by atoms with E-state index in [0.29, 0.717) is 18.7 Å². The van der Waals surface area contributed by atoms with Crippen LogP contribution in [-0.2, 0) is 4.79 Å². The summed E-state index contributed by atoms with van der Waals surface area (Å²) in [4.78, 5) is 26.3. The van der Waals surface area contributed by atoms with Gasteiger partial charge in [-0.1, -0.05) is 0 Å². The van der Waals surface area contributed by atoms with Crippen LogP contribution >= 0.6 is 15.9 Å². The number of nitrogens with zero attached hydrogens (tertiary/aromatic N) is 1. The third-order valence-corrected chi connectivity index (χ3v) is 4.22. The number of hydrogen-bond acceptors (Lipinski definition) is 3. The van der Waals surface area contributed by atoms with Gasteiger partial charge in [0, 0.05) is 17.1 Å². The van der Waals surface area contributed by atoms with Gasteiger partial charge in [0.25, 0.3) is 5.91 Å². The summed E-state index contributed by atoms with van der Waals surface area (Å²) < 4.78 is 2.67. The first-order valence-electron chi connectivity index (χ1n) is 6.49. The molecule has 0 unspecified atom stereocenters. The molecule has 1 aliphatic heterocycles. The Hall–Kier alpha value is -1.83. The van der Waals surface area contributed by atoms with Crippen LogP contribution in [0.4, 0.5) is 0 Å². The van der Waals surface area contributed by atoms with E-state index in [1.54, 1.807) is 12.3 Å². The third kappa shape index (κ3) is 3.44. The van der Waals surface area contributed by atoms with Crippen molar-refractivity contribution in [3.8, 4) is 0 Å². The highest BCUT2D eigenvalue weighted by Gasteiger charge is 2.40. The van der Waals surface area contributed by atoms with Crippen LogP contribution in [0.15, 0.2) is 16.7 Å². The lowest BCUT2D eigenvalue weighted by molar-refractivity contribution is -0.565. The number of amides is 1. The van der Waals surface area contributed by atoms with Crippen molar-refractivity contribution in [2.24, 2.45) is 0 Å². The highest BCUT2D eigenvalue weighted by Crippen LogP contribution is 2.19. The molecule has 1 aliphatic rings. The van der Waals surface area contributed by atoms with Crippen molar-refractivity contribution in [2.75, 3.05) is 13.6 Å². The molecule has 1 amide bonds. The van der Waals surface area contributed by atoms with Crippen molar-refractivity contribution in [2.45, 2.75) is 24.9 Å². The van der Waals surface area contributed by atoms with Crippen LogP contribution in [0.5, 0.6) is 0 Å². The fraction of sp³-hybridized carbons (Fsp3) is 0.462. The highest BCUT2D eigenvalue weighted by molar-refractivity contribution is 9.10. The second-order valence-electron chi connectivity index (χ2n) is 5.42. The molecule has 1 aromatic heterocycles. The molecule has 21 heavy (non-hydrogen) atoms. The molecule has 0 fully saturated rings. The van der Waals surface area contributed by atoms with Gasteiger partial charge in [0.1, 0.15) is 23.8 Å². The first-order chi connectivity index (χ1) is 9.82. The summed E-state index contributed by atoms with van der Waals surface area (Å²) in [6.45, 7) is 2.59. The Bertz CT molecular complexity index is 598. The van der Waals surface area contributed by atoms with Gasteiger partial charge < -0.3 is 15.4 Å². The molecule has 7 nitrogen and oxygen atoms in total. The van der Waals surface area contributed by atoms with Crippen LogP contribution in [-0.4, -0.2) is 58.1 Å². The number of carbonyl (C=O) groups excluding carboxylic acids is 1. The van der Waals surface area contributed by atoms with E-state index in [1.165, 1.54) is 0 Å². The Balaban J connectivity index is 2.08. The molecule has 1 aromatic rings. The van der Waals surface area contributed by atoms with Crippen LogP contribution in [0.25, 0.3) is 0 Å². The lowest BCUT2D eigenvalue weighted by Gasteiger charge is -2.25. The number of aromatic amines is 1. The molecule has 0 aliphatic carbocycles. The number of carbonyl (C=O) groups is 2. The Kier molecular flexibility index (Phi) is 4.36. The molecule has 0 saturated heterocycles. The van der Waals surface area contributed by atoms with Gasteiger partial charge >= 0.3 is 5.97 Å². The van der Waals surface area contributed by atoms with Gasteiger partial charge in [-0.15, -0.1) is 0 Å². The fourth-order valence-corrected chi connectivity index (χ4v) is 2.62. The SMILES string of the molecule is C[N+]1=CNC[C@]1(C)C[C@@H](NC(=O)c1cc(Br)c[nH]1)C(=O)O. The van der Waals surface area contributed by atoms with E-state index in [4.69, 9.17) is 0 Å². The minimum atomic E-state index is -1.05. The number of H-pyrrole nitrogens is 1. The van der Waals surface area contributed by atoms with Crippen molar-refractivity contribution >= 4 is 34.1 Å². The van der Waals surface area contributed by atoms with E-state index in [9.17, 15) is 14.7 Å². The Morgan fingerprint density at radius 1 is 1.62 bits per heavy atom. The Morgan fingerprint density at radius 3 is 2.81 bits per heavy atom. The second-order valence-corrected chi connectivity index (χ2v) is 6.33. The van der Waals surface area contributed by atoms with E-state index < -0.39 is 17.9 Å². The van der Waals surface area contributed by atoms with Crippen molar-refractivity contribution in [1.29, 1.82) is 0 Å². The van der Waals surface area contributed by atoms with Crippen molar-refractivity contribution in [3.05, 3.63) is 22.4 Å². The summed E-state index contributed by atoms with van der Waals surface area (Å²) in [6.07, 6.45) is 3.73. The van der Waals surface area contributed by atoms with Crippen molar-refractivity contribution in [3.63, 3.8) is 0 Å². The zero-order valence-electron chi connectivity index (χ0n) is 11.8. The predicted molar refractivity (Wildman–Crippen MR) is 80.7 cm³/mol.